The molecule has 0 spiro atoms. The van der Waals surface area contributed by atoms with Gasteiger partial charge in [0.1, 0.15) is 17.3 Å². The van der Waals surface area contributed by atoms with E-state index in [4.69, 9.17) is 0 Å². The molecule has 1 saturated carbocycles. The third kappa shape index (κ3) is 4.64. The summed E-state index contributed by atoms with van der Waals surface area (Å²) in [6.07, 6.45) is 10.2. The molecule has 0 unspecified atom stereocenters. The summed E-state index contributed by atoms with van der Waals surface area (Å²) in [5, 5.41) is 2.78. The van der Waals surface area contributed by atoms with Gasteiger partial charge in [0.05, 0.1) is 0 Å². The van der Waals surface area contributed by atoms with E-state index in [2.05, 4.69) is 20.2 Å². The molecule has 0 atom stereocenters. The van der Waals surface area contributed by atoms with Crippen molar-refractivity contribution in [2.24, 2.45) is 5.92 Å². The minimum Gasteiger partial charge on any atom is -0.347 e. The number of carbonyl (C=O) groups is 1. The largest absolute Gasteiger partial charge is 0.347 e. The Morgan fingerprint density at radius 3 is 2.34 bits per heavy atom. The molecular formula is C24H25F2N5O. The number of carbonyl (C=O) groups excluding carboxylic acids is 1. The van der Waals surface area contributed by atoms with Crippen molar-refractivity contribution in [3.05, 3.63) is 65.7 Å². The van der Waals surface area contributed by atoms with Gasteiger partial charge in [-0.3, -0.25) is 4.79 Å². The summed E-state index contributed by atoms with van der Waals surface area (Å²) in [7, 11) is 0. The van der Waals surface area contributed by atoms with E-state index >= 15 is 0 Å². The summed E-state index contributed by atoms with van der Waals surface area (Å²) in [5.41, 5.74) is 2.62. The quantitative estimate of drug-likeness (QED) is 0.603. The molecule has 1 aromatic carbocycles. The Labute approximate surface area is 185 Å². The SMILES string of the molecule is O=C(NCc1cc(F)cc(F)c1)c1cc(-c2cnc(N3CCCC3)nc2)cn1CC1CC1. The number of anilines is 1. The molecule has 1 amide bonds. The van der Waals surface area contributed by atoms with Crippen LogP contribution in [0.15, 0.2) is 42.9 Å². The third-order valence-electron chi connectivity index (χ3n) is 6.02. The van der Waals surface area contributed by atoms with Gasteiger partial charge in [-0.1, -0.05) is 0 Å². The number of halogens is 2. The van der Waals surface area contributed by atoms with Gasteiger partial charge in [-0.15, -0.1) is 0 Å². The molecule has 166 valence electrons. The Hall–Kier alpha value is -3.29. The van der Waals surface area contributed by atoms with Gasteiger partial charge in [0, 0.05) is 62.0 Å². The third-order valence-corrected chi connectivity index (χ3v) is 6.02. The number of hydrogen-bond donors (Lipinski definition) is 1. The van der Waals surface area contributed by atoms with Crippen molar-refractivity contribution in [3.8, 4) is 11.1 Å². The van der Waals surface area contributed by atoms with Gasteiger partial charge >= 0.3 is 0 Å². The van der Waals surface area contributed by atoms with E-state index in [-0.39, 0.29) is 12.5 Å². The second kappa shape index (κ2) is 8.68. The van der Waals surface area contributed by atoms with Gasteiger partial charge in [-0.05, 0) is 55.4 Å². The monoisotopic (exact) mass is 437 g/mol. The number of rotatable bonds is 7. The van der Waals surface area contributed by atoms with E-state index in [9.17, 15) is 13.6 Å². The molecule has 32 heavy (non-hydrogen) atoms. The fourth-order valence-corrected chi connectivity index (χ4v) is 4.13. The highest BCUT2D eigenvalue weighted by molar-refractivity contribution is 5.94. The van der Waals surface area contributed by atoms with E-state index in [0.29, 0.717) is 17.2 Å². The molecule has 0 bridgehead atoms. The van der Waals surface area contributed by atoms with Crippen LogP contribution in [0.4, 0.5) is 14.7 Å². The van der Waals surface area contributed by atoms with Gasteiger partial charge in [-0.25, -0.2) is 18.7 Å². The van der Waals surface area contributed by atoms with Crippen LogP contribution in [0, 0.1) is 17.6 Å². The normalized spacial score (nSPS) is 15.9. The minimum atomic E-state index is -0.661. The van der Waals surface area contributed by atoms with Crippen LogP contribution in [0.3, 0.4) is 0 Å². The van der Waals surface area contributed by atoms with Crippen LogP contribution in [-0.2, 0) is 13.1 Å². The topological polar surface area (TPSA) is 63.1 Å². The smallest absolute Gasteiger partial charge is 0.268 e. The van der Waals surface area contributed by atoms with Crippen LogP contribution < -0.4 is 10.2 Å². The first-order valence-corrected chi connectivity index (χ1v) is 11.1. The first-order valence-electron chi connectivity index (χ1n) is 11.1. The van der Waals surface area contributed by atoms with E-state index in [1.54, 1.807) is 12.4 Å². The number of nitrogens with zero attached hydrogens (tertiary/aromatic N) is 4. The molecule has 1 saturated heterocycles. The summed E-state index contributed by atoms with van der Waals surface area (Å²) in [5.74, 6) is -0.287. The summed E-state index contributed by atoms with van der Waals surface area (Å²) >= 11 is 0. The lowest BCUT2D eigenvalue weighted by atomic mass is 10.2. The van der Waals surface area contributed by atoms with Crippen molar-refractivity contribution in [3.63, 3.8) is 0 Å². The van der Waals surface area contributed by atoms with Crippen LogP contribution in [0.2, 0.25) is 0 Å². The standard InChI is InChI=1S/C24H25F2N5O/c25-20-7-17(8-21(26)10-20)11-27-23(32)22-9-18(15-31(22)14-16-3-4-16)19-12-28-24(29-13-19)30-5-1-2-6-30/h7-10,12-13,15-16H,1-6,11,14H2,(H,27,32). The average Bonchev–Trinajstić information content (AvgIpc) is 3.24. The van der Waals surface area contributed by atoms with Crippen molar-refractivity contribution >= 4 is 11.9 Å². The highest BCUT2D eigenvalue weighted by Crippen LogP contribution is 2.32. The minimum absolute atomic E-state index is 0.0467. The zero-order chi connectivity index (χ0) is 22.1. The van der Waals surface area contributed by atoms with Crippen LogP contribution in [0.25, 0.3) is 11.1 Å². The van der Waals surface area contributed by atoms with Gasteiger partial charge < -0.3 is 14.8 Å². The predicted octanol–water partition coefficient (Wildman–Crippen LogP) is 4.16. The summed E-state index contributed by atoms with van der Waals surface area (Å²) in [4.78, 5) is 24.1. The Bertz CT molecular complexity index is 1100. The average molecular weight is 437 g/mol. The number of benzene rings is 1. The lowest BCUT2D eigenvalue weighted by Gasteiger charge is -2.14. The van der Waals surface area contributed by atoms with E-state index in [1.165, 1.54) is 12.1 Å². The Morgan fingerprint density at radius 2 is 1.69 bits per heavy atom. The lowest BCUT2D eigenvalue weighted by Crippen LogP contribution is -2.25. The number of aromatic nitrogens is 3. The molecule has 8 heteroatoms. The van der Waals surface area contributed by atoms with E-state index in [1.807, 2.05) is 16.8 Å². The predicted molar refractivity (Wildman–Crippen MR) is 117 cm³/mol. The summed E-state index contributed by atoms with van der Waals surface area (Å²) in [6, 6.07) is 5.09. The molecule has 3 aromatic rings. The van der Waals surface area contributed by atoms with Gasteiger partial charge in [0.2, 0.25) is 5.95 Å². The summed E-state index contributed by atoms with van der Waals surface area (Å²) in [6.45, 7) is 2.78. The highest BCUT2D eigenvalue weighted by atomic mass is 19.1. The molecule has 5 rings (SSSR count). The molecule has 1 aliphatic heterocycles. The second-order valence-electron chi connectivity index (χ2n) is 8.64. The molecule has 2 aromatic heterocycles. The number of hydrogen-bond acceptors (Lipinski definition) is 4. The van der Waals surface area contributed by atoms with Crippen molar-refractivity contribution in [1.82, 2.24) is 19.9 Å². The Balaban J connectivity index is 1.35. The number of amides is 1. The Kier molecular flexibility index (Phi) is 5.59. The van der Waals surface area contributed by atoms with Gasteiger partial charge in [0.25, 0.3) is 5.91 Å². The highest BCUT2D eigenvalue weighted by Gasteiger charge is 2.25. The van der Waals surface area contributed by atoms with Gasteiger partial charge in [0.15, 0.2) is 0 Å². The zero-order valence-electron chi connectivity index (χ0n) is 17.7. The van der Waals surface area contributed by atoms with Crippen molar-refractivity contribution in [2.45, 2.75) is 38.8 Å². The Morgan fingerprint density at radius 1 is 1.00 bits per heavy atom. The van der Waals surface area contributed by atoms with E-state index in [0.717, 1.165) is 68.5 Å². The van der Waals surface area contributed by atoms with Crippen LogP contribution in [0.5, 0.6) is 0 Å². The maximum Gasteiger partial charge on any atom is 0.268 e. The molecule has 3 heterocycles. The molecule has 0 radical (unpaired) electrons. The molecule has 2 aliphatic rings. The first kappa shape index (κ1) is 20.6. The molecule has 1 N–H and O–H groups in total. The van der Waals surface area contributed by atoms with Crippen LogP contribution in [0.1, 0.15) is 41.7 Å². The maximum atomic E-state index is 13.4. The lowest BCUT2D eigenvalue weighted by molar-refractivity contribution is 0.0941. The molecular weight excluding hydrogens is 412 g/mol. The molecule has 2 fully saturated rings. The van der Waals surface area contributed by atoms with E-state index < -0.39 is 11.6 Å². The van der Waals surface area contributed by atoms with Crippen molar-refractivity contribution < 1.29 is 13.6 Å². The van der Waals surface area contributed by atoms with Gasteiger partial charge in [-0.2, -0.15) is 0 Å². The van der Waals surface area contributed by atoms with Crippen molar-refractivity contribution in [1.29, 1.82) is 0 Å². The molecule has 1 aliphatic carbocycles. The molecule has 6 nitrogen and oxygen atoms in total. The maximum absolute atomic E-state index is 13.4. The second-order valence-corrected chi connectivity index (χ2v) is 8.64. The van der Waals surface area contributed by atoms with Crippen LogP contribution in [-0.4, -0.2) is 33.5 Å². The first-order chi connectivity index (χ1) is 15.5. The zero-order valence-corrected chi connectivity index (χ0v) is 17.7. The fourth-order valence-electron chi connectivity index (χ4n) is 4.13. The van der Waals surface area contributed by atoms with Crippen molar-refractivity contribution in [2.75, 3.05) is 18.0 Å². The fraction of sp³-hybridized carbons (Fsp3) is 0.375. The van der Waals surface area contributed by atoms with Crippen LogP contribution >= 0.6 is 0 Å². The number of nitrogens with one attached hydrogen (secondary N) is 1. The summed E-state index contributed by atoms with van der Waals surface area (Å²) < 4.78 is 28.8.